The molecule has 0 aromatic carbocycles. The lowest BCUT2D eigenvalue weighted by Gasteiger charge is -2.31. The van der Waals surface area contributed by atoms with Crippen molar-refractivity contribution in [3.05, 3.63) is 0 Å². The summed E-state index contributed by atoms with van der Waals surface area (Å²) in [5.41, 5.74) is 5.23. The van der Waals surface area contributed by atoms with Crippen LogP contribution in [-0.2, 0) is 0 Å². The highest BCUT2D eigenvalue weighted by molar-refractivity contribution is 4.84. The summed E-state index contributed by atoms with van der Waals surface area (Å²) in [5.74, 6) is -3.05. The summed E-state index contributed by atoms with van der Waals surface area (Å²) in [5, 5.41) is 2.67. The van der Waals surface area contributed by atoms with Crippen molar-refractivity contribution >= 4 is 0 Å². The number of piperidine rings is 1. The molecule has 11 heavy (non-hydrogen) atoms. The first kappa shape index (κ1) is 8.87. The predicted molar refractivity (Wildman–Crippen MR) is 39.6 cm³/mol. The van der Waals surface area contributed by atoms with Gasteiger partial charge in [-0.05, 0) is 25.9 Å². The average Bonchev–Trinajstić information content (AvgIpc) is 1.94. The Morgan fingerprint density at radius 2 is 2.27 bits per heavy atom. The normalized spacial score (nSPS) is 30.3. The van der Waals surface area contributed by atoms with E-state index in [0.29, 0.717) is 25.9 Å². The molecule has 1 fully saturated rings. The monoisotopic (exact) mass is 164 g/mol. The summed E-state index contributed by atoms with van der Waals surface area (Å²) in [4.78, 5) is 0. The maximum atomic E-state index is 12.9. The van der Waals surface area contributed by atoms with Gasteiger partial charge in [-0.3, -0.25) is 0 Å². The van der Waals surface area contributed by atoms with E-state index in [0.717, 1.165) is 0 Å². The topological polar surface area (TPSA) is 38.0 Å². The number of rotatable bonds is 2. The van der Waals surface area contributed by atoms with E-state index in [1.165, 1.54) is 0 Å². The van der Waals surface area contributed by atoms with Crippen molar-refractivity contribution in [2.24, 2.45) is 11.7 Å². The minimum absolute atomic E-state index is 0.183. The predicted octanol–water partition coefficient (Wildman–Crippen LogP) is 0.580. The number of nitrogens with one attached hydrogen (secondary N) is 1. The first-order valence-electron chi connectivity index (χ1n) is 3.95. The number of hydrogen-bond donors (Lipinski definition) is 2. The second-order valence-electron chi connectivity index (χ2n) is 3.00. The quantitative estimate of drug-likeness (QED) is 0.626. The SMILES string of the molecule is NCCC1CCNCC1(F)F. The maximum Gasteiger partial charge on any atom is 0.263 e. The fraction of sp³-hybridized carbons (Fsp3) is 1.00. The summed E-state index contributed by atoms with van der Waals surface area (Å²) < 4.78 is 25.9. The fourth-order valence-corrected chi connectivity index (χ4v) is 1.44. The maximum absolute atomic E-state index is 12.9. The lowest BCUT2D eigenvalue weighted by atomic mass is 9.91. The Labute approximate surface area is 65.1 Å². The molecule has 1 rings (SSSR count). The Morgan fingerprint density at radius 1 is 1.55 bits per heavy atom. The van der Waals surface area contributed by atoms with Crippen LogP contribution >= 0.6 is 0 Å². The number of hydrogen-bond acceptors (Lipinski definition) is 2. The average molecular weight is 164 g/mol. The molecule has 66 valence electrons. The van der Waals surface area contributed by atoms with Crippen molar-refractivity contribution in [2.45, 2.75) is 18.8 Å². The standard InChI is InChI=1S/C7H14F2N2/c8-7(9)5-11-4-2-6(7)1-3-10/h6,11H,1-5,10H2. The highest BCUT2D eigenvalue weighted by Gasteiger charge is 2.40. The van der Waals surface area contributed by atoms with Gasteiger partial charge in [-0.15, -0.1) is 0 Å². The van der Waals surface area contributed by atoms with Gasteiger partial charge in [0.1, 0.15) is 0 Å². The summed E-state index contributed by atoms with van der Waals surface area (Å²) in [6.07, 6.45) is 0.985. The van der Waals surface area contributed by atoms with E-state index < -0.39 is 11.8 Å². The molecule has 0 aromatic rings. The van der Waals surface area contributed by atoms with Gasteiger partial charge in [0.2, 0.25) is 0 Å². The van der Waals surface area contributed by atoms with Crippen LogP contribution in [0, 0.1) is 5.92 Å². The molecule has 2 nitrogen and oxygen atoms in total. The van der Waals surface area contributed by atoms with Gasteiger partial charge in [0.15, 0.2) is 0 Å². The van der Waals surface area contributed by atoms with Gasteiger partial charge in [0.25, 0.3) is 5.92 Å². The van der Waals surface area contributed by atoms with E-state index in [-0.39, 0.29) is 6.54 Å². The number of nitrogens with two attached hydrogens (primary N) is 1. The zero-order chi connectivity index (χ0) is 8.32. The first-order valence-corrected chi connectivity index (χ1v) is 3.95. The van der Waals surface area contributed by atoms with Crippen molar-refractivity contribution < 1.29 is 8.78 Å². The van der Waals surface area contributed by atoms with Gasteiger partial charge in [-0.25, -0.2) is 8.78 Å². The van der Waals surface area contributed by atoms with Crippen molar-refractivity contribution in [3.8, 4) is 0 Å². The van der Waals surface area contributed by atoms with E-state index in [1.54, 1.807) is 0 Å². The van der Waals surface area contributed by atoms with Crippen LogP contribution in [0.3, 0.4) is 0 Å². The molecule has 0 amide bonds. The van der Waals surface area contributed by atoms with Crippen LogP contribution < -0.4 is 11.1 Å². The van der Waals surface area contributed by atoms with Crippen molar-refractivity contribution in [1.29, 1.82) is 0 Å². The Bertz CT molecular complexity index is 126. The molecule has 1 aliphatic rings. The minimum Gasteiger partial charge on any atom is -0.330 e. The smallest absolute Gasteiger partial charge is 0.263 e. The molecular weight excluding hydrogens is 150 g/mol. The Morgan fingerprint density at radius 3 is 2.82 bits per heavy atom. The molecule has 3 N–H and O–H groups in total. The highest BCUT2D eigenvalue weighted by Crippen LogP contribution is 2.31. The van der Waals surface area contributed by atoms with E-state index in [4.69, 9.17) is 5.73 Å². The van der Waals surface area contributed by atoms with Gasteiger partial charge < -0.3 is 11.1 Å². The fourth-order valence-electron chi connectivity index (χ4n) is 1.44. The van der Waals surface area contributed by atoms with Crippen LogP contribution in [-0.4, -0.2) is 25.6 Å². The number of alkyl halides is 2. The Hall–Kier alpha value is -0.220. The van der Waals surface area contributed by atoms with Crippen LogP contribution in [0.15, 0.2) is 0 Å². The van der Waals surface area contributed by atoms with E-state index in [1.807, 2.05) is 0 Å². The van der Waals surface area contributed by atoms with Crippen molar-refractivity contribution in [3.63, 3.8) is 0 Å². The van der Waals surface area contributed by atoms with Crippen LogP contribution in [0.4, 0.5) is 8.78 Å². The Kier molecular flexibility index (Phi) is 2.78. The second kappa shape index (κ2) is 3.45. The summed E-state index contributed by atoms with van der Waals surface area (Å²) in [6.45, 7) is 0.873. The molecule has 4 heteroatoms. The third-order valence-corrected chi connectivity index (χ3v) is 2.14. The Balaban J connectivity index is 2.45. The molecule has 1 atom stereocenters. The molecule has 0 aliphatic carbocycles. The first-order chi connectivity index (χ1) is 5.17. The summed E-state index contributed by atoms with van der Waals surface area (Å²) in [7, 11) is 0. The van der Waals surface area contributed by atoms with Crippen LogP contribution in [0.2, 0.25) is 0 Å². The molecule has 0 aromatic heterocycles. The second-order valence-corrected chi connectivity index (χ2v) is 3.00. The molecule has 0 spiro atoms. The molecule has 0 radical (unpaired) electrons. The van der Waals surface area contributed by atoms with Gasteiger partial charge >= 0.3 is 0 Å². The third kappa shape index (κ3) is 2.10. The van der Waals surface area contributed by atoms with Crippen molar-refractivity contribution in [1.82, 2.24) is 5.32 Å². The molecule has 0 saturated carbocycles. The van der Waals surface area contributed by atoms with Gasteiger partial charge in [-0.1, -0.05) is 0 Å². The van der Waals surface area contributed by atoms with E-state index in [9.17, 15) is 8.78 Å². The molecule has 1 saturated heterocycles. The molecular formula is C7H14F2N2. The van der Waals surface area contributed by atoms with Crippen LogP contribution in [0.1, 0.15) is 12.8 Å². The van der Waals surface area contributed by atoms with Crippen LogP contribution in [0.25, 0.3) is 0 Å². The lowest BCUT2D eigenvalue weighted by Crippen LogP contribution is -2.46. The number of halogens is 2. The molecule has 0 bridgehead atoms. The summed E-state index contributed by atoms with van der Waals surface area (Å²) >= 11 is 0. The lowest BCUT2D eigenvalue weighted by molar-refractivity contribution is -0.0749. The highest BCUT2D eigenvalue weighted by atomic mass is 19.3. The minimum atomic E-state index is -2.54. The zero-order valence-corrected chi connectivity index (χ0v) is 6.45. The largest absolute Gasteiger partial charge is 0.330 e. The van der Waals surface area contributed by atoms with Crippen molar-refractivity contribution in [2.75, 3.05) is 19.6 Å². The van der Waals surface area contributed by atoms with E-state index >= 15 is 0 Å². The third-order valence-electron chi connectivity index (χ3n) is 2.14. The molecule has 1 unspecified atom stereocenters. The summed E-state index contributed by atoms with van der Waals surface area (Å²) in [6, 6.07) is 0. The van der Waals surface area contributed by atoms with Gasteiger partial charge in [-0.2, -0.15) is 0 Å². The van der Waals surface area contributed by atoms with Crippen LogP contribution in [0.5, 0.6) is 0 Å². The zero-order valence-electron chi connectivity index (χ0n) is 6.45. The molecule has 1 aliphatic heterocycles. The van der Waals surface area contributed by atoms with Gasteiger partial charge in [0.05, 0.1) is 6.54 Å². The van der Waals surface area contributed by atoms with E-state index in [2.05, 4.69) is 5.32 Å². The van der Waals surface area contributed by atoms with Gasteiger partial charge in [0, 0.05) is 5.92 Å². The molecule has 1 heterocycles.